The Kier molecular flexibility index (Phi) is 3.66. The Labute approximate surface area is 110 Å². The fourth-order valence-electron chi connectivity index (χ4n) is 2.05. The molecule has 0 aliphatic carbocycles. The van der Waals surface area contributed by atoms with Crippen molar-refractivity contribution in [2.45, 2.75) is 13.0 Å². The largest absolute Gasteiger partial charge is 0.478 e. The van der Waals surface area contributed by atoms with Crippen LogP contribution in [0.1, 0.15) is 16.1 Å². The normalized spacial score (nSPS) is 19.2. The van der Waals surface area contributed by atoms with E-state index in [0.29, 0.717) is 24.7 Å². The van der Waals surface area contributed by atoms with Crippen LogP contribution in [0.3, 0.4) is 0 Å². The van der Waals surface area contributed by atoms with Gasteiger partial charge in [-0.25, -0.2) is 9.78 Å². The van der Waals surface area contributed by atoms with Gasteiger partial charge >= 0.3 is 5.97 Å². The molecule has 0 spiro atoms. The molecule has 102 valence electrons. The lowest BCUT2D eigenvalue weighted by atomic mass is 10.1. The standard InChI is InChI=1S/C12H15N3O4/c1-7-8(12(17)18)2-3-10(14-7)15-4-5-19-6-9(15)11(13)16/h2-3,9H,4-6H2,1H3,(H2,13,16)(H,17,18). The van der Waals surface area contributed by atoms with Crippen molar-refractivity contribution in [1.82, 2.24) is 4.98 Å². The van der Waals surface area contributed by atoms with Gasteiger partial charge in [0.15, 0.2) is 0 Å². The van der Waals surface area contributed by atoms with Crippen LogP contribution >= 0.6 is 0 Å². The number of ether oxygens (including phenoxy) is 1. The van der Waals surface area contributed by atoms with E-state index in [0.717, 1.165) is 0 Å². The first-order valence-corrected chi connectivity index (χ1v) is 5.85. The first-order chi connectivity index (χ1) is 9.00. The van der Waals surface area contributed by atoms with Gasteiger partial charge in [0.05, 0.1) is 24.5 Å². The van der Waals surface area contributed by atoms with Crippen LogP contribution in [0.5, 0.6) is 0 Å². The highest BCUT2D eigenvalue weighted by Gasteiger charge is 2.29. The number of morpholine rings is 1. The van der Waals surface area contributed by atoms with E-state index in [1.165, 1.54) is 6.07 Å². The average molecular weight is 265 g/mol. The Morgan fingerprint density at radius 3 is 2.84 bits per heavy atom. The van der Waals surface area contributed by atoms with Gasteiger partial charge in [0.25, 0.3) is 0 Å². The van der Waals surface area contributed by atoms with Crippen molar-refractivity contribution in [1.29, 1.82) is 0 Å². The lowest BCUT2D eigenvalue weighted by Crippen LogP contribution is -2.53. The lowest BCUT2D eigenvalue weighted by molar-refractivity contribution is -0.121. The minimum Gasteiger partial charge on any atom is -0.478 e. The van der Waals surface area contributed by atoms with E-state index in [2.05, 4.69) is 4.98 Å². The van der Waals surface area contributed by atoms with Crippen molar-refractivity contribution in [3.05, 3.63) is 23.4 Å². The second kappa shape index (κ2) is 5.23. The molecule has 2 rings (SSSR count). The molecule has 1 saturated heterocycles. The van der Waals surface area contributed by atoms with Gasteiger partial charge in [0, 0.05) is 6.54 Å². The number of nitrogens with zero attached hydrogens (tertiary/aromatic N) is 2. The van der Waals surface area contributed by atoms with Crippen molar-refractivity contribution < 1.29 is 19.4 Å². The third-order valence-electron chi connectivity index (χ3n) is 3.05. The number of aromatic nitrogens is 1. The SMILES string of the molecule is Cc1nc(N2CCOCC2C(N)=O)ccc1C(=O)O. The van der Waals surface area contributed by atoms with Crippen molar-refractivity contribution in [3.63, 3.8) is 0 Å². The molecular formula is C12H15N3O4. The lowest BCUT2D eigenvalue weighted by Gasteiger charge is -2.34. The monoisotopic (exact) mass is 265 g/mol. The van der Waals surface area contributed by atoms with Crippen LogP contribution in [0.2, 0.25) is 0 Å². The van der Waals surface area contributed by atoms with Crippen LogP contribution in [0.4, 0.5) is 5.82 Å². The van der Waals surface area contributed by atoms with Gasteiger partial charge in [-0.2, -0.15) is 0 Å². The molecule has 0 aromatic carbocycles. The van der Waals surface area contributed by atoms with Crippen molar-refractivity contribution in [2.24, 2.45) is 5.73 Å². The van der Waals surface area contributed by atoms with Crippen LogP contribution in [-0.2, 0) is 9.53 Å². The zero-order valence-electron chi connectivity index (χ0n) is 10.5. The molecule has 0 saturated carbocycles. The number of hydrogen-bond donors (Lipinski definition) is 2. The van der Waals surface area contributed by atoms with E-state index in [4.69, 9.17) is 15.6 Å². The topological polar surface area (TPSA) is 106 Å². The molecule has 1 fully saturated rings. The molecule has 1 aliphatic heterocycles. The van der Waals surface area contributed by atoms with E-state index in [1.54, 1.807) is 17.9 Å². The van der Waals surface area contributed by atoms with E-state index in [9.17, 15) is 9.59 Å². The summed E-state index contributed by atoms with van der Waals surface area (Å²) in [4.78, 5) is 28.3. The van der Waals surface area contributed by atoms with Gasteiger partial charge in [-0.1, -0.05) is 0 Å². The van der Waals surface area contributed by atoms with Gasteiger partial charge in [-0.15, -0.1) is 0 Å². The summed E-state index contributed by atoms with van der Waals surface area (Å²) in [5.41, 5.74) is 5.88. The van der Waals surface area contributed by atoms with Gasteiger partial charge in [-0.05, 0) is 19.1 Å². The summed E-state index contributed by atoms with van der Waals surface area (Å²) in [6.07, 6.45) is 0. The molecule has 2 heterocycles. The number of nitrogens with two attached hydrogens (primary N) is 1. The number of amides is 1. The molecule has 7 heteroatoms. The maximum atomic E-state index is 11.4. The first kappa shape index (κ1) is 13.3. The number of carboxylic acids is 1. The van der Waals surface area contributed by atoms with Crippen LogP contribution in [0.25, 0.3) is 0 Å². The van der Waals surface area contributed by atoms with Gasteiger partial charge in [0.1, 0.15) is 11.9 Å². The number of anilines is 1. The zero-order chi connectivity index (χ0) is 14.0. The number of aromatic carboxylic acids is 1. The molecule has 19 heavy (non-hydrogen) atoms. The fourth-order valence-corrected chi connectivity index (χ4v) is 2.05. The summed E-state index contributed by atoms with van der Waals surface area (Å²) in [5, 5.41) is 8.96. The molecule has 3 N–H and O–H groups in total. The van der Waals surface area contributed by atoms with Crippen LogP contribution < -0.4 is 10.6 Å². The average Bonchev–Trinajstić information content (AvgIpc) is 2.38. The maximum Gasteiger partial charge on any atom is 0.337 e. The first-order valence-electron chi connectivity index (χ1n) is 5.85. The van der Waals surface area contributed by atoms with E-state index < -0.39 is 17.9 Å². The summed E-state index contributed by atoms with van der Waals surface area (Å²) in [7, 11) is 0. The van der Waals surface area contributed by atoms with Crippen molar-refractivity contribution in [3.8, 4) is 0 Å². The minimum atomic E-state index is -1.02. The van der Waals surface area contributed by atoms with Gasteiger partial charge in [0.2, 0.25) is 5.91 Å². The van der Waals surface area contributed by atoms with E-state index >= 15 is 0 Å². The highest BCUT2D eigenvalue weighted by atomic mass is 16.5. The minimum absolute atomic E-state index is 0.146. The highest BCUT2D eigenvalue weighted by molar-refractivity contribution is 5.89. The number of pyridine rings is 1. The van der Waals surface area contributed by atoms with Crippen LogP contribution in [0, 0.1) is 6.92 Å². The fraction of sp³-hybridized carbons (Fsp3) is 0.417. The predicted molar refractivity (Wildman–Crippen MR) is 67.1 cm³/mol. The number of aryl methyl sites for hydroxylation is 1. The second-order valence-electron chi connectivity index (χ2n) is 4.29. The number of hydrogen-bond acceptors (Lipinski definition) is 5. The van der Waals surface area contributed by atoms with Gasteiger partial charge < -0.3 is 20.5 Å². The molecule has 1 aromatic rings. The van der Waals surface area contributed by atoms with Gasteiger partial charge in [-0.3, -0.25) is 4.79 Å². The Balaban J connectivity index is 2.32. The summed E-state index contributed by atoms with van der Waals surface area (Å²) >= 11 is 0. The molecule has 1 aromatic heterocycles. The van der Waals surface area contributed by atoms with Crippen molar-refractivity contribution >= 4 is 17.7 Å². The van der Waals surface area contributed by atoms with Crippen molar-refractivity contribution in [2.75, 3.05) is 24.7 Å². The van der Waals surface area contributed by atoms with E-state index in [-0.39, 0.29) is 12.2 Å². The Hall–Kier alpha value is -2.15. The molecule has 1 atom stereocenters. The Morgan fingerprint density at radius 2 is 2.26 bits per heavy atom. The third-order valence-corrected chi connectivity index (χ3v) is 3.05. The number of carboxylic acid groups (broad SMARTS) is 1. The number of rotatable bonds is 3. The smallest absolute Gasteiger partial charge is 0.337 e. The number of carbonyl (C=O) groups is 2. The zero-order valence-corrected chi connectivity index (χ0v) is 10.5. The predicted octanol–water partition coefficient (Wildman–Crippen LogP) is -0.221. The van der Waals surface area contributed by atoms with E-state index in [1.807, 2.05) is 0 Å². The molecule has 1 aliphatic rings. The Morgan fingerprint density at radius 1 is 1.53 bits per heavy atom. The summed E-state index contributed by atoms with van der Waals surface area (Å²) in [5.74, 6) is -0.971. The molecule has 0 bridgehead atoms. The molecule has 1 amide bonds. The molecular weight excluding hydrogens is 250 g/mol. The summed E-state index contributed by atoms with van der Waals surface area (Å²) in [6, 6.07) is 2.49. The third kappa shape index (κ3) is 2.65. The number of primary amides is 1. The quantitative estimate of drug-likeness (QED) is 0.782. The second-order valence-corrected chi connectivity index (χ2v) is 4.29. The van der Waals surface area contributed by atoms with Crippen LogP contribution in [0.15, 0.2) is 12.1 Å². The molecule has 0 radical (unpaired) electrons. The summed E-state index contributed by atoms with van der Waals surface area (Å²) < 4.78 is 5.22. The van der Waals surface area contributed by atoms with Crippen LogP contribution in [-0.4, -0.2) is 47.8 Å². The molecule has 7 nitrogen and oxygen atoms in total. The highest BCUT2D eigenvalue weighted by Crippen LogP contribution is 2.19. The number of carbonyl (C=O) groups excluding carboxylic acids is 1. The molecule has 1 unspecified atom stereocenters. The Bertz CT molecular complexity index is 518. The maximum absolute atomic E-state index is 11.4. The summed E-state index contributed by atoms with van der Waals surface area (Å²) in [6.45, 7) is 2.81.